The van der Waals surface area contributed by atoms with Gasteiger partial charge in [0.05, 0.1) is 5.69 Å². The van der Waals surface area contributed by atoms with Crippen LogP contribution in [-0.4, -0.2) is 14.8 Å². The third-order valence-electron chi connectivity index (χ3n) is 3.36. The lowest BCUT2D eigenvalue weighted by atomic mass is 10.1. The smallest absolute Gasteiger partial charge is 0.138 e. The van der Waals surface area contributed by atoms with E-state index >= 15 is 0 Å². The molecule has 2 aromatic carbocycles. The first kappa shape index (κ1) is 15.6. The van der Waals surface area contributed by atoms with Crippen LogP contribution in [0, 0.1) is 11.6 Å². The Morgan fingerprint density at radius 2 is 1.83 bits per heavy atom. The Kier molecular flexibility index (Phi) is 4.64. The van der Waals surface area contributed by atoms with Crippen LogP contribution in [0.25, 0.3) is 5.69 Å². The van der Waals surface area contributed by atoms with E-state index in [4.69, 9.17) is 11.6 Å². The number of aromatic nitrogens is 3. The summed E-state index contributed by atoms with van der Waals surface area (Å²) in [4.78, 5) is 3.92. The third-order valence-corrected chi connectivity index (χ3v) is 3.59. The van der Waals surface area contributed by atoms with Crippen molar-refractivity contribution in [3.63, 3.8) is 0 Å². The van der Waals surface area contributed by atoms with Gasteiger partial charge in [-0.25, -0.2) is 18.4 Å². The van der Waals surface area contributed by atoms with Crippen LogP contribution >= 0.6 is 11.6 Å². The molecular weight excluding hydrogens is 322 g/mol. The van der Waals surface area contributed by atoms with Gasteiger partial charge in [-0.3, -0.25) is 0 Å². The lowest BCUT2D eigenvalue weighted by molar-refractivity contribution is 0.560. The lowest BCUT2D eigenvalue weighted by Gasteiger charge is -2.11. The number of rotatable bonds is 5. The fraction of sp³-hybridized carbons (Fsp3) is 0.125. The second kappa shape index (κ2) is 6.85. The summed E-state index contributed by atoms with van der Waals surface area (Å²) in [6.07, 6.45) is 3.01. The van der Waals surface area contributed by atoms with Crippen molar-refractivity contribution in [2.24, 2.45) is 0 Å². The molecule has 0 aliphatic carbocycles. The van der Waals surface area contributed by atoms with Crippen molar-refractivity contribution in [2.45, 2.75) is 13.1 Å². The molecule has 0 atom stereocenters. The number of hydrogen-bond donors (Lipinski definition) is 1. The molecular formula is C16H13ClF2N4. The maximum absolute atomic E-state index is 13.6. The quantitative estimate of drug-likeness (QED) is 0.776. The Bertz CT molecular complexity index is 806. The fourth-order valence-corrected chi connectivity index (χ4v) is 2.40. The normalized spacial score (nSPS) is 10.9. The van der Waals surface area contributed by atoms with Crippen molar-refractivity contribution >= 4 is 11.6 Å². The van der Waals surface area contributed by atoms with Crippen molar-refractivity contribution in [1.82, 2.24) is 20.1 Å². The molecule has 0 amide bonds. The molecule has 3 aromatic rings. The Morgan fingerprint density at radius 3 is 2.57 bits per heavy atom. The molecule has 0 aliphatic rings. The Labute approximate surface area is 136 Å². The molecule has 0 fully saturated rings. The monoisotopic (exact) mass is 334 g/mol. The predicted octanol–water partition coefficient (Wildman–Crippen LogP) is 3.49. The minimum Gasteiger partial charge on any atom is -0.308 e. The van der Waals surface area contributed by atoms with Gasteiger partial charge in [-0.2, -0.15) is 5.10 Å². The van der Waals surface area contributed by atoms with E-state index < -0.39 is 11.6 Å². The van der Waals surface area contributed by atoms with Crippen molar-refractivity contribution < 1.29 is 8.78 Å². The summed E-state index contributed by atoms with van der Waals surface area (Å²) in [5.74, 6) is -1.15. The first-order chi connectivity index (χ1) is 11.1. The molecule has 0 aliphatic heterocycles. The molecule has 1 heterocycles. The van der Waals surface area contributed by atoms with E-state index in [1.807, 2.05) is 6.07 Å². The van der Waals surface area contributed by atoms with Gasteiger partial charge < -0.3 is 5.32 Å². The minimum absolute atomic E-state index is 0.283. The van der Waals surface area contributed by atoms with Gasteiger partial charge in [0.15, 0.2) is 0 Å². The zero-order valence-corrected chi connectivity index (χ0v) is 12.8. The zero-order chi connectivity index (χ0) is 16.2. The average molecular weight is 335 g/mol. The van der Waals surface area contributed by atoms with Crippen LogP contribution in [0.1, 0.15) is 11.1 Å². The molecule has 0 radical (unpaired) electrons. The van der Waals surface area contributed by atoms with Crippen LogP contribution in [0.3, 0.4) is 0 Å². The Balaban J connectivity index is 1.73. The van der Waals surface area contributed by atoms with Crippen LogP contribution in [0.4, 0.5) is 8.78 Å². The molecule has 118 valence electrons. The molecule has 1 aromatic heterocycles. The molecule has 1 N–H and O–H groups in total. The second-order valence-electron chi connectivity index (χ2n) is 4.95. The second-order valence-corrected chi connectivity index (χ2v) is 5.39. The van der Waals surface area contributed by atoms with Crippen molar-refractivity contribution in [3.05, 3.63) is 76.8 Å². The highest BCUT2D eigenvalue weighted by Gasteiger charge is 2.08. The summed E-state index contributed by atoms with van der Waals surface area (Å²) in [5, 5.41) is 7.82. The molecule has 0 bridgehead atoms. The van der Waals surface area contributed by atoms with E-state index in [9.17, 15) is 8.78 Å². The summed E-state index contributed by atoms with van der Waals surface area (Å²) in [6.45, 7) is 0.759. The number of nitrogens with one attached hydrogen (secondary N) is 1. The van der Waals surface area contributed by atoms with Crippen LogP contribution < -0.4 is 5.32 Å². The van der Waals surface area contributed by atoms with E-state index in [0.717, 1.165) is 17.3 Å². The Morgan fingerprint density at radius 1 is 1.04 bits per heavy atom. The van der Waals surface area contributed by atoms with Crippen molar-refractivity contribution in [3.8, 4) is 5.69 Å². The van der Waals surface area contributed by atoms with Crippen LogP contribution in [-0.2, 0) is 13.1 Å². The number of benzene rings is 2. The summed E-state index contributed by atoms with van der Waals surface area (Å²) < 4.78 is 28.1. The molecule has 7 heteroatoms. The van der Waals surface area contributed by atoms with Gasteiger partial charge in [0.25, 0.3) is 0 Å². The fourth-order valence-electron chi connectivity index (χ4n) is 2.23. The average Bonchev–Trinajstić information content (AvgIpc) is 3.05. The van der Waals surface area contributed by atoms with Gasteiger partial charge in [0.2, 0.25) is 0 Å². The highest BCUT2D eigenvalue weighted by atomic mass is 35.5. The summed E-state index contributed by atoms with van der Waals surface area (Å²) >= 11 is 6.03. The molecule has 0 spiro atoms. The SMILES string of the molecule is Fc1ccc(CNCc2ccc(Cl)cc2-n2cncn2)c(F)c1. The molecule has 0 saturated carbocycles. The van der Waals surface area contributed by atoms with E-state index in [-0.39, 0.29) is 6.54 Å². The molecule has 3 rings (SSSR count). The number of nitrogens with zero attached hydrogens (tertiary/aromatic N) is 3. The highest BCUT2D eigenvalue weighted by Crippen LogP contribution is 2.19. The highest BCUT2D eigenvalue weighted by molar-refractivity contribution is 6.30. The molecule has 0 saturated heterocycles. The van der Waals surface area contributed by atoms with E-state index in [1.54, 1.807) is 23.1 Å². The molecule has 23 heavy (non-hydrogen) atoms. The topological polar surface area (TPSA) is 42.7 Å². The maximum Gasteiger partial charge on any atom is 0.138 e. The standard InChI is InChI=1S/C16H13ClF2N4/c17-13-3-1-12(16(5-13)23-10-21-9-22-23)8-20-7-11-2-4-14(18)6-15(11)19/h1-6,9-10,20H,7-8H2. The first-order valence-corrected chi connectivity index (χ1v) is 7.29. The van der Waals surface area contributed by atoms with Gasteiger partial charge in [-0.05, 0) is 23.8 Å². The summed E-state index contributed by atoms with van der Waals surface area (Å²) in [7, 11) is 0. The first-order valence-electron chi connectivity index (χ1n) is 6.91. The van der Waals surface area contributed by atoms with Gasteiger partial charge >= 0.3 is 0 Å². The van der Waals surface area contributed by atoms with Gasteiger partial charge in [0.1, 0.15) is 24.3 Å². The Hall–Kier alpha value is -2.31. The van der Waals surface area contributed by atoms with E-state index in [2.05, 4.69) is 15.4 Å². The third kappa shape index (κ3) is 3.72. The van der Waals surface area contributed by atoms with E-state index in [0.29, 0.717) is 17.1 Å². The number of halogens is 3. The van der Waals surface area contributed by atoms with Gasteiger partial charge in [0, 0.05) is 29.7 Å². The van der Waals surface area contributed by atoms with Crippen LogP contribution in [0.2, 0.25) is 5.02 Å². The summed E-state index contributed by atoms with van der Waals surface area (Å²) in [5.41, 5.74) is 2.13. The predicted molar refractivity (Wildman–Crippen MR) is 83.3 cm³/mol. The maximum atomic E-state index is 13.6. The molecule has 4 nitrogen and oxygen atoms in total. The lowest BCUT2D eigenvalue weighted by Crippen LogP contribution is -2.15. The molecule has 0 unspecified atom stereocenters. The van der Waals surface area contributed by atoms with Crippen molar-refractivity contribution in [2.75, 3.05) is 0 Å². The van der Waals surface area contributed by atoms with Crippen LogP contribution in [0.5, 0.6) is 0 Å². The van der Waals surface area contributed by atoms with Gasteiger partial charge in [-0.15, -0.1) is 0 Å². The largest absolute Gasteiger partial charge is 0.308 e. The zero-order valence-electron chi connectivity index (χ0n) is 12.0. The van der Waals surface area contributed by atoms with Gasteiger partial charge in [-0.1, -0.05) is 23.7 Å². The van der Waals surface area contributed by atoms with Crippen molar-refractivity contribution in [1.29, 1.82) is 0 Å². The summed E-state index contributed by atoms with van der Waals surface area (Å²) in [6, 6.07) is 8.97. The van der Waals surface area contributed by atoms with Crippen LogP contribution in [0.15, 0.2) is 49.1 Å². The minimum atomic E-state index is -0.586. The van der Waals surface area contributed by atoms with E-state index in [1.165, 1.54) is 18.5 Å². The number of hydrogen-bond acceptors (Lipinski definition) is 3.